The number of pyridine rings is 1. The third-order valence-electron chi connectivity index (χ3n) is 8.23. The summed E-state index contributed by atoms with van der Waals surface area (Å²) in [7, 11) is 0. The Labute approximate surface area is 233 Å². The number of H-pyrrole nitrogens is 1. The van der Waals surface area contributed by atoms with E-state index in [1.54, 1.807) is 24.5 Å². The van der Waals surface area contributed by atoms with Crippen molar-refractivity contribution in [3.05, 3.63) is 78.0 Å². The first kappa shape index (κ1) is 25.0. The monoisotopic (exact) mass is 551 g/mol. The lowest BCUT2D eigenvalue weighted by Gasteiger charge is -2.38. The fourth-order valence-electron chi connectivity index (χ4n) is 6.43. The van der Waals surface area contributed by atoms with Crippen molar-refractivity contribution in [3.63, 3.8) is 0 Å². The zero-order valence-electron chi connectivity index (χ0n) is 22.2. The van der Waals surface area contributed by atoms with E-state index in [9.17, 15) is 14.0 Å². The van der Waals surface area contributed by atoms with Crippen LogP contribution in [0, 0.1) is 5.82 Å². The number of aromatic amines is 1. The molecule has 0 spiro atoms. The minimum atomic E-state index is -0.328. The van der Waals surface area contributed by atoms with Gasteiger partial charge in [-0.2, -0.15) is 9.61 Å². The van der Waals surface area contributed by atoms with Crippen LogP contribution in [0.2, 0.25) is 0 Å². The molecule has 2 fully saturated rings. The molecule has 1 aromatic carbocycles. The normalized spacial score (nSPS) is 20.0. The average molecular weight is 552 g/mol. The predicted molar refractivity (Wildman–Crippen MR) is 147 cm³/mol. The summed E-state index contributed by atoms with van der Waals surface area (Å²) in [5.74, 6) is -0.261. The van der Waals surface area contributed by atoms with E-state index in [0.717, 1.165) is 18.4 Å². The van der Waals surface area contributed by atoms with Gasteiger partial charge in [-0.1, -0.05) is 18.2 Å². The van der Waals surface area contributed by atoms with Crippen molar-refractivity contribution in [3.8, 4) is 22.4 Å². The number of aromatic nitrogens is 7. The number of nitrogens with zero attached hydrogens (tertiary/aromatic N) is 7. The Hall–Kier alpha value is -5.00. The molecule has 1 amide bonds. The number of anilines is 1. The van der Waals surface area contributed by atoms with Crippen LogP contribution < -0.4 is 5.73 Å². The summed E-state index contributed by atoms with van der Waals surface area (Å²) in [5, 5.41) is 12.1. The maximum atomic E-state index is 13.7. The van der Waals surface area contributed by atoms with Crippen molar-refractivity contribution in [2.75, 3.05) is 5.73 Å². The summed E-state index contributed by atoms with van der Waals surface area (Å²) in [4.78, 5) is 40.3. The van der Waals surface area contributed by atoms with Crippen molar-refractivity contribution in [2.24, 2.45) is 0 Å². The summed E-state index contributed by atoms with van der Waals surface area (Å²) in [6, 6.07) is 9.98. The number of hydrogen-bond donors (Lipinski definition) is 2. The molecule has 6 heterocycles. The summed E-state index contributed by atoms with van der Waals surface area (Å²) in [6.07, 6.45) is 7.82. The van der Waals surface area contributed by atoms with Crippen molar-refractivity contribution >= 4 is 23.2 Å². The van der Waals surface area contributed by atoms with Crippen LogP contribution in [-0.4, -0.2) is 63.4 Å². The third-order valence-corrected chi connectivity index (χ3v) is 8.23. The van der Waals surface area contributed by atoms with Crippen LogP contribution in [0.1, 0.15) is 65.2 Å². The molecule has 2 aliphatic rings. The van der Waals surface area contributed by atoms with Crippen molar-refractivity contribution in [1.29, 1.82) is 0 Å². The molecule has 12 heteroatoms. The zero-order valence-corrected chi connectivity index (χ0v) is 22.2. The molecule has 206 valence electrons. The quantitative estimate of drug-likeness (QED) is 0.311. The molecule has 2 bridgehead atoms. The van der Waals surface area contributed by atoms with Gasteiger partial charge in [0.25, 0.3) is 5.91 Å². The number of nitrogen functional groups attached to an aromatic ring is 1. The van der Waals surface area contributed by atoms with E-state index in [1.807, 2.05) is 17.0 Å². The van der Waals surface area contributed by atoms with Gasteiger partial charge in [0.2, 0.25) is 5.82 Å². The van der Waals surface area contributed by atoms with Gasteiger partial charge in [0.05, 0.1) is 23.1 Å². The largest absolute Gasteiger partial charge is 0.383 e. The number of ketones is 1. The number of amides is 1. The Morgan fingerprint density at radius 2 is 1.88 bits per heavy atom. The lowest BCUT2D eigenvalue weighted by atomic mass is 9.85. The highest BCUT2D eigenvalue weighted by molar-refractivity contribution is 6.00. The Bertz CT molecular complexity index is 1790. The fourth-order valence-corrected chi connectivity index (χ4v) is 6.43. The molecular weight excluding hydrogens is 525 g/mol. The van der Waals surface area contributed by atoms with Crippen LogP contribution in [0.4, 0.5) is 10.2 Å². The smallest absolute Gasteiger partial charge is 0.292 e. The van der Waals surface area contributed by atoms with E-state index in [1.165, 1.54) is 29.9 Å². The summed E-state index contributed by atoms with van der Waals surface area (Å²) >= 11 is 0. The predicted octanol–water partition coefficient (Wildman–Crippen LogP) is 4.05. The Balaban J connectivity index is 1.25. The first-order valence-electron chi connectivity index (χ1n) is 13.5. The maximum absolute atomic E-state index is 13.7. The Morgan fingerprint density at radius 3 is 2.54 bits per heavy atom. The first-order valence-corrected chi connectivity index (χ1v) is 13.5. The SMILES string of the molecule is CC(=O)c1c([C@H]2C[C@H]3CC[C@@H](C2)N3C(=O)c2nnc[nH]2)nc2c(-c3ccc(-c4cccc(F)c4)nc3)cnn2c1N. The molecule has 2 aliphatic heterocycles. The van der Waals surface area contributed by atoms with E-state index >= 15 is 0 Å². The maximum Gasteiger partial charge on any atom is 0.292 e. The zero-order chi connectivity index (χ0) is 28.2. The van der Waals surface area contributed by atoms with Crippen molar-refractivity contribution < 1.29 is 14.0 Å². The number of piperidine rings is 1. The minimum absolute atomic E-state index is 0.000595. The second-order valence-electron chi connectivity index (χ2n) is 10.7. The lowest BCUT2D eigenvalue weighted by molar-refractivity contribution is 0.0556. The Morgan fingerprint density at radius 1 is 1.07 bits per heavy atom. The van der Waals surface area contributed by atoms with Gasteiger partial charge >= 0.3 is 0 Å². The second-order valence-corrected chi connectivity index (χ2v) is 10.7. The highest BCUT2D eigenvalue weighted by Gasteiger charge is 2.45. The van der Waals surface area contributed by atoms with Crippen LogP contribution >= 0.6 is 0 Å². The molecule has 41 heavy (non-hydrogen) atoms. The van der Waals surface area contributed by atoms with Crippen LogP contribution in [0.15, 0.2) is 55.1 Å². The van der Waals surface area contributed by atoms with Gasteiger partial charge in [-0.15, -0.1) is 10.2 Å². The lowest BCUT2D eigenvalue weighted by Crippen LogP contribution is -2.46. The van der Waals surface area contributed by atoms with E-state index in [-0.39, 0.29) is 47.2 Å². The van der Waals surface area contributed by atoms with Gasteiger partial charge in [-0.3, -0.25) is 14.6 Å². The van der Waals surface area contributed by atoms with Gasteiger partial charge in [0.1, 0.15) is 18.0 Å². The number of fused-ring (bicyclic) bond motifs is 3. The summed E-state index contributed by atoms with van der Waals surface area (Å²) in [6.45, 7) is 1.49. The molecule has 11 nitrogen and oxygen atoms in total. The number of carbonyl (C=O) groups is 2. The molecule has 0 radical (unpaired) electrons. The minimum Gasteiger partial charge on any atom is -0.383 e. The van der Waals surface area contributed by atoms with Gasteiger partial charge < -0.3 is 15.6 Å². The standard InChI is InChI=1S/C29H26FN9O2/c1-15(40)24-25(18-10-20-6-7-21(11-18)38(20)29(41)27-33-14-34-37-27)36-28-22(13-35-39(28)26(24)31)17-5-8-23(32-12-17)16-3-2-4-19(30)9-16/h2-5,8-9,12-14,18,20-21H,6-7,10-11,31H2,1H3,(H,33,34,37)/t18-,20+,21-. The topological polar surface area (TPSA) is 148 Å². The number of hydrogen-bond acceptors (Lipinski definition) is 8. The molecule has 0 saturated carbocycles. The summed E-state index contributed by atoms with van der Waals surface area (Å²) < 4.78 is 15.2. The number of rotatable bonds is 5. The molecule has 0 aliphatic carbocycles. The number of nitrogens with two attached hydrogens (primary N) is 1. The highest BCUT2D eigenvalue weighted by Crippen LogP contribution is 2.45. The molecule has 4 aromatic heterocycles. The van der Waals surface area contributed by atoms with Crippen molar-refractivity contribution in [2.45, 2.75) is 50.6 Å². The molecule has 0 unspecified atom stereocenters. The molecular formula is C29H26FN9O2. The van der Waals surface area contributed by atoms with Crippen LogP contribution in [-0.2, 0) is 0 Å². The number of nitrogens with one attached hydrogen (secondary N) is 1. The molecule has 3 atom stereocenters. The number of carbonyl (C=O) groups excluding carboxylic acids is 2. The third kappa shape index (κ3) is 4.14. The average Bonchev–Trinajstić information content (AvgIpc) is 3.71. The van der Waals surface area contributed by atoms with Crippen LogP contribution in [0.3, 0.4) is 0 Å². The fraction of sp³-hybridized carbons (Fsp3) is 0.276. The summed E-state index contributed by atoms with van der Waals surface area (Å²) in [5.41, 5.74) is 10.9. The first-order chi connectivity index (χ1) is 19.9. The molecule has 2 saturated heterocycles. The van der Waals surface area contributed by atoms with Gasteiger partial charge in [-0.25, -0.2) is 9.37 Å². The van der Waals surface area contributed by atoms with Crippen LogP contribution in [0.5, 0.6) is 0 Å². The number of Topliss-reactive ketones (excluding diaryl/α,β-unsaturated/α-hetero) is 1. The molecule has 5 aromatic rings. The van der Waals surface area contributed by atoms with E-state index in [2.05, 4.69) is 25.3 Å². The van der Waals surface area contributed by atoms with Gasteiger partial charge in [0, 0.05) is 40.9 Å². The number of halogens is 1. The highest BCUT2D eigenvalue weighted by atomic mass is 19.1. The van der Waals surface area contributed by atoms with E-state index < -0.39 is 0 Å². The molecule has 3 N–H and O–H groups in total. The van der Waals surface area contributed by atoms with E-state index in [0.29, 0.717) is 46.6 Å². The van der Waals surface area contributed by atoms with Crippen LogP contribution in [0.25, 0.3) is 28.0 Å². The second kappa shape index (κ2) is 9.58. The number of benzene rings is 1. The van der Waals surface area contributed by atoms with E-state index in [4.69, 9.17) is 10.7 Å². The van der Waals surface area contributed by atoms with Gasteiger partial charge in [-0.05, 0) is 50.8 Å². The van der Waals surface area contributed by atoms with Gasteiger partial charge in [0.15, 0.2) is 11.4 Å². The Kier molecular flexibility index (Phi) is 5.84. The van der Waals surface area contributed by atoms with Crippen molar-refractivity contribution in [1.82, 2.24) is 39.7 Å². The molecule has 7 rings (SSSR count).